The maximum absolute atomic E-state index is 12.8. The number of thioether (sulfide) groups is 1. The second-order valence-corrected chi connectivity index (χ2v) is 7.36. The Hall–Kier alpha value is -2.44. The van der Waals surface area contributed by atoms with Crippen molar-refractivity contribution in [2.45, 2.75) is 18.6 Å². The molecule has 1 heterocycles. The predicted octanol–water partition coefficient (Wildman–Crippen LogP) is 4.81. The molecule has 2 aromatic carbocycles. The van der Waals surface area contributed by atoms with Crippen LogP contribution in [0.3, 0.4) is 0 Å². The number of nitrogens with zero attached hydrogens (tertiary/aromatic N) is 2. The van der Waals surface area contributed by atoms with Gasteiger partial charge >= 0.3 is 0 Å². The summed E-state index contributed by atoms with van der Waals surface area (Å²) in [6.45, 7) is 7.19. The van der Waals surface area contributed by atoms with E-state index < -0.39 is 0 Å². The molecule has 0 N–H and O–H groups in total. The van der Waals surface area contributed by atoms with E-state index in [1.165, 1.54) is 11.8 Å². The van der Waals surface area contributed by atoms with Crippen molar-refractivity contribution in [1.82, 2.24) is 9.55 Å². The van der Waals surface area contributed by atoms with Gasteiger partial charge in [0.05, 0.1) is 24.1 Å². The Balaban J connectivity index is 1.69. The number of allylic oxidation sites excluding steroid dienone is 1. The highest BCUT2D eigenvalue weighted by molar-refractivity contribution is 7.99. The molecule has 0 aliphatic rings. The molecule has 28 heavy (non-hydrogen) atoms. The Morgan fingerprint density at radius 2 is 1.89 bits per heavy atom. The highest BCUT2D eigenvalue weighted by Crippen LogP contribution is 2.21. The molecule has 7 heteroatoms. The van der Waals surface area contributed by atoms with Crippen LogP contribution >= 0.6 is 23.4 Å². The Bertz CT molecular complexity index is 1020. The number of hydrogen-bond donors (Lipinski definition) is 0. The molecule has 0 spiro atoms. The molecule has 1 aromatic heterocycles. The highest BCUT2D eigenvalue weighted by Gasteiger charge is 2.11. The normalized spacial score (nSPS) is 10.8. The number of benzene rings is 2. The van der Waals surface area contributed by atoms with Crippen LogP contribution in [0.2, 0.25) is 5.02 Å². The van der Waals surface area contributed by atoms with Gasteiger partial charge in [-0.2, -0.15) is 0 Å². The highest BCUT2D eigenvalue weighted by atomic mass is 35.5. The molecule has 0 radical (unpaired) electrons. The number of aromatic nitrogens is 2. The molecule has 146 valence electrons. The van der Waals surface area contributed by atoms with Crippen LogP contribution in [0, 0.1) is 0 Å². The summed E-state index contributed by atoms with van der Waals surface area (Å²) in [5.74, 6) is 2.24. The van der Waals surface area contributed by atoms with Crippen molar-refractivity contribution >= 4 is 34.3 Å². The van der Waals surface area contributed by atoms with Crippen LogP contribution in [0.1, 0.15) is 6.92 Å². The number of fused-ring (bicyclic) bond motifs is 1. The van der Waals surface area contributed by atoms with Crippen molar-refractivity contribution < 1.29 is 9.47 Å². The van der Waals surface area contributed by atoms with Gasteiger partial charge in [-0.05, 0) is 49.4 Å². The van der Waals surface area contributed by atoms with E-state index in [-0.39, 0.29) is 5.56 Å². The molecule has 0 fully saturated rings. The second kappa shape index (κ2) is 9.66. The third kappa shape index (κ3) is 4.88. The quantitative estimate of drug-likeness (QED) is 0.217. The molecule has 0 amide bonds. The fraction of sp³-hybridized carbons (Fsp3) is 0.238. The van der Waals surface area contributed by atoms with Crippen LogP contribution in [0.25, 0.3) is 10.9 Å². The van der Waals surface area contributed by atoms with Gasteiger partial charge in [0.15, 0.2) is 5.16 Å². The first-order valence-corrected chi connectivity index (χ1v) is 10.3. The number of ether oxygens (including phenoxy) is 2. The molecule has 0 aliphatic carbocycles. The van der Waals surface area contributed by atoms with Gasteiger partial charge < -0.3 is 9.47 Å². The van der Waals surface area contributed by atoms with Crippen LogP contribution in [-0.4, -0.2) is 28.5 Å². The molecule has 0 bridgehead atoms. The summed E-state index contributed by atoms with van der Waals surface area (Å²) in [5.41, 5.74) is 0.506. The molecule has 3 aromatic rings. The van der Waals surface area contributed by atoms with Crippen LogP contribution in [-0.2, 0) is 6.54 Å². The third-order valence-electron chi connectivity index (χ3n) is 3.91. The molecule has 0 saturated carbocycles. The van der Waals surface area contributed by atoms with Crippen molar-refractivity contribution in [1.29, 1.82) is 0 Å². The van der Waals surface area contributed by atoms with E-state index in [4.69, 9.17) is 21.1 Å². The van der Waals surface area contributed by atoms with Gasteiger partial charge in [0.25, 0.3) is 5.56 Å². The molecule has 0 saturated heterocycles. The van der Waals surface area contributed by atoms with Crippen LogP contribution < -0.4 is 15.0 Å². The fourth-order valence-corrected chi connectivity index (χ4v) is 3.66. The van der Waals surface area contributed by atoms with Crippen LogP contribution in [0.15, 0.2) is 65.1 Å². The second-order valence-electron chi connectivity index (χ2n) is 5.86. The van der Waals surface area contributed by atoms with Crippen molar-refractivity contribution in [3.8, 4) is 11.5 Å². The van der Waals surface area contributed by atoms with Gasteiger partial charge in [-0.3, -0.25) is 9.36 Å². The van der Waals surface area contributed by atoms with Gasteiger partial charge in [0, 0.05) is 17.3 Å². The maximum atomic E-state index is 12.8. The lowest BCUT2D eigenvalue weighted by molar-refractivity contribution is 0.332. The van der Waals surface area contributed by atoms with E-state index in [1.807, 2.05) is 31.2 Å². The van der Waals surface area contributed by atoms with Gasteiger partial charge in [-0.1, -0.05) is 29.4 Å². The monoisotopic (exact) mass is 416 g/mol. The van der Waals surface area contributed by atoms with E-state index in [9.17, 15) is 4.79 Å². The Labute approximate surface area is 172 Å². The van der Waals surface area contributed by atoms with Gasteiger partial charge in [0.1, 0.15) is 11.5 Å². The molecule has 0 aliphatic heterocycles. The van der Waals surface area contributed by atoms with Crippen molar-refractivity contribution in [3.05, 3.63) is 70.5 Å². The number of rotatable bonds is 9. The average molecular weight is 417 g/mol. The topological polar surface area (TPSA) is 53.4 Å². The molecule has 0 atom stereocenters. The van der Waals surface area contributed by atoms with E-state index in [2.05, 4.69) is 11.6 Å². The first-order chi connectivity index (χ1) is 13.6. The zero-order valence-corrected chi connectivity index (χ0v) is 17.1. The van der Waals surface area contributed by atoms with E-state index in [0.29, 0.717) is 46.6 Å². The summed E-state index contributed by atoms with van der Waals surface area (Å²) in [4.78, 5) is 17.4. The zero-order chi connectivity index (χ0) is 19.9. The standard InChI is InChI=1S/C21H21ClN2O3S/c1-3-11-24-20(25)18-14-15(22)5-10-19(18)23-21(24)28-13-12-27-17-8-6-16(7-9-17)26-4-2/h3,5-10,14H,1,4,11-13H2,2H3. The van der Waals surface area contributed by atoms with E-state index in [1.54, 1.807) is 28.8 Å². The smallest absolute Gasteiger partial charge is 0.262 e. The van der Waals surface area contributed by atoms with E-state index in [0.717, 1.165) is 11.5 Å². The van der Waals surface area contributed by atoms with Crippen molar-refractivity contribution in [2.75, 3.05) is 19.0 Å². The largest absolute Gasteiger partial charge is 0.494 e. The molecule has 0 unspecified atom stereocenters. The minimum Gasteiger partial charge on any atom is -0.494 e. The zero-order valence-electron chi connectivity index (χ0n) is 15.6. The van der Waals surface area contributed by atoms with E-state index >= 15 is 0 Å². The summed E-state index contributed by atoms with van der Waals surface area (Å²) in [5, 5.41) is 1.65. The van der Waals surface area contributed by atoms with Crippen LogP contribution in [0.5, 0.6) is 11.5 Å². The number of hydrogen-bond acceptors (Lipinski definition) is 5. The SMILES string of the molecule is C=CCn1c(SCCOc2ccc(OCC)cc2)nc2ccc(Cl)cc2c1=O. The van der Waals surface area contributed by atoms with Gasteiger partial charge in [-0.15, -0.1) is 6.58 Å². The van der Waals surface area contributed by atoms with Crippen molar-refractivity contribution in [2.24, 2.45) is 0 Å². The molecular weight excluding hydrogens is 396 g/mol. The van der Waals surface area contributed by atoms with Crippen molar-refractivity contribution in [3.63, 3.8) is 0 Å². The fourth-order valence-electron chi connectivity index (χ4n) is 2.66. The molecular formula is C21H21ClN2O3S. The Kier molecular flexibility index (Phi) is 7.01. The lowest BCUT2D eigenvalue weighted by atomic mass is 10.2. The van der Waals surface area contributed by atoms with Gasteiger partial charge in [0.2, 0.25) is 0 Å². The minimum atomic E-state index is -0.123. The molecule has 3 rings (SSSR count). The lowest BCUT2D eigenvalue weighted by Crippen LogP contribution is -2.23. The first kappa shape index (κ1) is 20.3. The first-order valence-electron chi connectivity index (χ1n) is 8.92. The third-order valence-corrected chi connectivity index (χ3v) is 5.09. The Morgan fingerprint density at radius 1 is 1.18 bits per heavy atom. The van der Waals surface area contributed by atoms with Crippen LogP contribution in [0.4, 0.5) is 0 Å². The lowest BCUT2D eigenvalue weighted by Gasteiger charge is -2.12. The maximum Gasteiger partial charge on any atom is 0.262 e. The summed E-state index contributed by atoms with van der Waals surface area (Å²) >= 11 is 7.49. The summed E-state index contributed by atoms with van der Waals surface area (Å²) in [7, 11) is 0. The summed E-state index contributed by atoms with van der Waals surface area (Å²) in [6.07, 6.45) is 1.68. The summed E-state index contributed by atoms with van der Waals surface area (Å²) < 4.78 is 12.8. The predicted molar refractivity (Wildman–Crippen MR) is 115 cm³/mol. The number of halogens is 1. The Morgan fingerprint density at radius 3 is 2.57 bits per heavy atom. The summed E-state index contributed by atoms with van der Waals surface area (Å²) in [6, 6.07) is 12.7. The minimum absolute atomic E-state index is 0.123. The van der Waals surface area contributed by atoms with Gasteiger partial charge in [-0.25, -0.2) is 4.98 Å². The molecule has 5 nitrogen and oxygen atoms in total. The average Bonchev–Trinajstić information content (AvgIpc) is 2.70.